The molecule has 1 aromatic carbocycles. The molecule has 0 bridgehead atoms. The fraction of sp³-hybridized carbons (Fsp3) is 0.467. The Bertz CT molecular complexity index is 546. The van der Waals surface area contributed by atoms with Gasteiger partial charge in [-0.25, -0.2) is 4.79 Å². The van der Waals surface area contributed by atoms with Crippen LogP contribution in [0, 0.1) is 0 Å². The molecule has 1 heterocycles. The molecule has 0 saturated carbocycles. The van der Waals surface area contributed by atoms with E-state index in [9.17, 15) is 9.59 Å². The van der Waals surface area contributed by atoms with E-state index in [1.807, 2.05) is 13.8 Å². The van der Waals surface area contributed by atoms with Crippen LogP contribution < -0.4 is 11.1 Å². The van der Waals surface area contributed by atoms with Gasteiger partial charge < -0.3 is 11.1 Å². The van der Waals surface area contributed by atoms with Crippen LogP contribution in [0.4, 0.5) is 4.79 Å². The minimum absolute atomic E-state index is 0.211. The number of amides is 3. The van der Waals surface area contributed by atoms with Gasteiger partial charge in [-0.15, -0.1) is 0 Å². The zero-order valence-electron chi connectivity index (χ0n) is 12.2. The summed E-state index contributed by atoms with van der Waals surface area (Å²) in [5.74, 6) is -0.249. The molecule has 0 aliphatic carbocycles. The predicted molar refractivity (Wildman–Crippen MR) is 81.9 cm³/mol. The lowest BCUT2D eigenvalue weighted by Crippen LogP contribution is -2.45. The Morgan fingerprint density at radius 3 is 2.43 bits per heavy atom. The maximum Gasteiger partial charge on any atom is 0.325 e. The summed E-state index contributed by atoms with van der Waals surface area (Å²) in [7, 11) is 0. The maximum atomic E-state index is 12.8. The predicted octanol–water partition coefficient (Wildman–Crippen LogP) is 2.23. The molecule has 1 saturated heterocycles. The molecule has 3 amide bonds. The molecule has 1 aliphatic rings. The van der Waals surface area contributed by atoms with Gasteiger partial charge in [0.2, 0.25) is 0 Å². The molecule has 0 aromatic heterocycles. The van der Waals surface area contributed by atoms with Crippen LogP contribution in [0.2, 0.25) is 5.02 Å². The third-order valence-corrected chi connectivity index (χ3v) is 4.24. The first-order valence-corrected chi connectivity index (χ1v) is 7.48. The molecule has 3 N–H and O–H groups in total. The number of nitrogens with two attached hydrogens (primary N) is 1. The highest BCUT2D eigenvalue weighted by molar-refractivity contribution is 6.30. The van der Waals surface area contributed by atoms with E-state index in [1.165, 1.54) is 4.90 Å². The molecule has 0 spiro atoms. The van der Waals surface area contributed by atoms with Gasteiger partial charge in [0, 0.05) is 17.6 Å². The largest absolute Gasteiger partial charge is 0.326 e. The van der Waals surface area contributed by atoms with Crippen molar-refractivity contribution in [1.82, 2.24) is 10.2 Å². The van der Waals surface area contributed by atoms with Gasteiger partial charge >= 0.3 is 6.03 Å². The smallest absolute Gasteiger partial charge is 0.325 e. The molecule has 1 fully saturated rings. The van der Waals surface area contributed by atoms with Crippen molar-refractivity contribution in [3.8, 4) is 0 Å². The number of halogens is 1. The Morgan fingerprint density at radius 1 is 1.29 bits per heavy atom. The van der Waals surface area contributed by atoms with Crippen molar-refractivity contribution >= 4 is 23.5 Å². The van der Waals surface area contributed by atoms with Crippen LogP contribution in [-0.4, -0.2) is 29.4 Å². The molecule has 2 unspecified atom stereocenters. The van der Waals surface area contributed by atoms with Gasteiger partial charge in [0.05, 0.1) is 0 Å². The van der Waals surface area contributed by atoms with Crippen LogP contribution in [0.5, 0.6) is 0 Å². The van der Waals surface area contributed by atoms with Crippen LogP contribution >= 0.6 is 11.6 Å². The van der Waals surface area contributed by atoms with Gasteiger partial charge in [-0.1, -0.05) is 37.6 Å². The molecule has 2 atom stereocenters. The van der Waals surface area contributed by atoms with Crippen LogP contribution in [0.3, 0.4) is 0 Å². The summed E-state index contributed by atoms with van der Waals surface area (Å²) in [6.45, 7) is 4.03. The van der Waals surface area contributed by atoms with E-state index in [4.69, 9.17) is 17.3 Å². The van der Waals surface area contributed by atoms with Crippen LogP contribution in [0.1, 0.15) is 32.3 Å². The van der Waals surface area contributed by atoms with Crippen LogP contribution in [-0.2, 0) is 10.3 Å². The molecular weight excluding hydrogens is 290 g/mol. The number of hydrogen-bond acceptors (Lipinski definition) is 3. The van der Waals surface area contributed by atoms with Crippen molar-refractivity contribution in [3.63, 3.8) is 0 Å². The molecule has 21 heavy (non-hydrogen) atoms. The van der Waals surface area contributed by atoms with Crippen molar-refractivity contribution in [2.24, 2.45) is 5.73 Å². The third kappa shape index (κ3) is 2.76. The van der Waals surface area contributed by atoms with Crippen molar-refractivity contribution in [2.75, 3.05) is 6.54 Å². The summed E-state index contributed by atoms with van der Waals surface area (Å²) in [6.07, 6.45) is 1.17. The number of hydrogen-bond donors (Lipinski definition) is 2. The highest BCUT2D eigenvalue weighted by atomic mass is 35.5. The Balaban J connectivity index is 2.35. The lowest BCUT2D eigenvalue weighted by molar-refractivity contribution is -0.132. The molecule has 5 nitrogen and oxygen atoms in total. The quantitative estimate of drug-likeness (QED) is 0.819. The van der Waals surface area contributed by atoms with E-state index < -0.39 is 5.54 Å². The SMILES string of the molecule is CCC(N)CN1C(=O)NC(CC)(c2ccc(Cl)cc2)C1=O. The minimum atomic E-state index is -1.02. The molecule has 0 radical (unpaired) electrons. The van der Waals surface area contributed by atoms with E-state index in [-0.39, 0.29) is 24.5 Å². The average Bonchev–Trinajstić information content (AvgIpc) is 2.73. The zero-order valence-corrected chi connectivity index (χ0v) is 13.0. The summed E-state index contributed by atoms with van der Waals surface area (Å²) in [5, 5.41) is 3.41. The number of nitrogens with zero attached hydrogens (tertiary/aromatic N) is 1. The van der Waals surface area contributed by atoms with E-state index >= 15 is 0 Å². The Labute approximate surface area is 129 Å². The zero-order chi connectivity index (χ0) is 15.6. The highest BCUT2D eigenvalue weighted by Crippen LogP contribution is 2.33. The molecule has 114 valence electrons. The van der Waals surface area contributed by atoms with Gasteiger partial charge in [-0.2, -0.15) is 0 Å². The van der Waals surface area contributed by atoms with E-state index in [2.05, 4.69) is 5.32 Å². The lowest BCUT2D eigenvalue weighted by Gasteiger charge is -2.26. The normalized spacial score (nSPS) is 23.3. The lowest BCUT2D eigenvalue weighted by atomic mass is 9.87. The summed E-state index contributed by atoms with van der Waals surface area (Å²) >= 11 is 5.89. The van der Waals surface area contributed by atoms with Crippen LogP contribution in [0.15, 0.2) is 24.3 Å². The van der Waals surface area contributed by atoms with Crippen molar-refractivity contribution < 1.29 is 9.59 Å². The van der Waals surface area contributed by atoms with E-state index in [0.29, 0.717) is 17.9 Å². The van der Waals surface area contributed by atoms with Crippen molar-refractivity contribution in [1.29, 1.82) is 0 Å². The number of carbonyl (C=O) groups is 2. The fourth-order valence-corrected chi connectivity index (χ4v) is 2.66. The second kappa shape index (κ2) is 6.03. The van der Waals surface area contributed by atoms with E-state index in [1.54, 1.807) is 24.3 Å². The first-order chi connectivity index (χ1) is 9.94. The van der Waals surface area contributed by atoms with Gasteiger partial charge in [0.1, 0.15) is 5.54 Å². The summed E-state index contributed by atoms with van der Waals surface area (Å²) in [6, 6.07) is 6.38. The minimum Gasteiger partial charge on any atom is -0.326 e. The van der Waals surface area contributed by atoms with Crippen molar-refractivity contribution in [2.45, 2.75) is 38.3 Å². The molecule has 6 heteroatoms. The second-order valence-corrected chi connectivity index (χ2v) is 5.72. The van der Waals surface area contributed by atoms with Gasteiger partial charge in [-0.3, -0.25) is 9.69 Å². The first kappa shape index (κ1) is 15.8. The van der Waals surface area contributed by atoms with E-state index in [0.717, 1.165) is 5.56 Å². The number of imide groups is 1. The summed E-state index contributed by atoms with van der Waals surface area (Å²) in [4.78, 5) is 26.1. The Hall–Kier alpha value is -1.59. The fourth-order valence-electron chi connectivity index (χ4n) is 2.53. The molecule has 1 aliphatic heterocycles. The third-order valence-electron chi connectivity index (χ3n) is 3.98. The topological polar surface area (TPSA) is 75.4 Å². The van der Waals surface area contributed by atoms with Gasteiger partial charge in [-0.05, 0) is 30.5 Å². The molecular formula is C15H20ClN3O2. The first-order valence-electron chi connectivity index (χ1n) is 7.10. The molecule has 2 rings (SSSR count). The summed E-state index contributed by atoms with van der Waals surface area (Å²) < 4.78 is 0. The van der Waals surface area contributed by atoms with Gasteiger partial charge in [0.25, 0.3) is 5.91 Å². The number of benzene rings is 1. The Kier molecular flexibility index (Phi) is 4.54. The number of nitrogens with one attached hydrogen (secondary N) is 1. The standard InChI is InChI=1S/C15H20ClN3O2/c1-3-12(17)9-19-13(20)15(4-2,18-14(19)21)10-5-7-11(16)8-6-10/h5-8,12H,3-4,9,17H2,1-2H3,(H,18,21). The number of urea groups is 1. The molecule has 1 aromatic rings. The maximum absolute atomic E-state index is 12.8. The number of carbonyl (C=O) groups excluding carboxylic acids is 2. The Morgan fingerprint density at radius 2 is 1.90 bits per heavy atom. The highest BCUT2D eigenvalue weighted by Gasteiger charge is 2.51. The average molecular weight is 310 g/mol. The summed E-state index contributed by atoms with van der Waals surface area (Å²) in [5.41, 5.74) is 5.59. The van der Waals surface area contributed by atoms with Gasteiger partial charge in [0.15, 0.2) is 0 Å². The van der Waals surface area contributed by atoms with Crippen molar-refractivity contribution in [3.05, 3.63) is 34.9 Å². The van der Waals surface area contributed by atoms with Crippen LogP contribution in [0.25, 0.3) is 0 Å². The second-order valence-electron chi connectivity index (χ2n) is 5.28. The number of rotatable bonds is 5. The monoisotopic (exact) mass is 309 g/mol.